The monoisotopic (exact) mass is 410 g/mol. The lowest BCUT2D eigenvalue weighted by Crippen LogP contribution is -2.48. The van der Waals surface area contributed by atoms with Crippen LogP contribution in [0.2, 0.25) is 0 Å². The Labute approximate surface area is 180 Å². The minimum Gasteiger partial charge on any atom is -0.368 e. The van der Waals surface area contributed by atoms with Gasteiger partial charge in [0, 0.05) is 36.0 Å². The fraction of sp³-hybridized carbons (Fsp3) is 0.250. The second-order valence-corrected chi connectivity index (χ2v) is 8.21. The largest absolute Gasteiger partial charge is 0.368 e. The van der Waals surface area contributed by atoms with Crippen LogP contribution in [0.1, 0.15) is 29.5 Å². The maximum Gasteiger partial charge on any atom is 0.321 e. The lowest BCUT2D eigenvalue weighted by molar-refractivity contribution is 0.166. The number of aromatic nitrogens is 2. The first kappa shape index (κ1) is 19.1. The molecule has 0 atom stereocenters. The molecule has 1 fully saturated rings. The first-order valence-electron chi connectivity index (χ1n) is 10.4. The predicted molar refractivity (Wildman–Crippen MR) is 118 cm³/mol. The molecule has 1 aliphatic carbocycles. The summed E-state index contributed by atoms with van der Waals surface area (Å²) in [6.45, 7) is 1.31. The summed E-state index contributed by atoms with van der Waals surface area (Å²) in [6, 6.07) is 17.3. The Morgan fingerprint density at radius 2 is 1.97 bits per heavy atom. The molecule has 0 radical (unpaired) electrons. The van der Waals surface area contributed by atoms with Gasteiger partial charge >= 0.3 is 6.03 Å². The van der Waals surface area contributed by atoms with Crippen LogP contribution in [0.3, 0.4) is 0 Å². The summed E-state index contributed by atoms with van der Waals surface area (Å²) in [5.41, 5.74) is 11.4. The minimum atomic E-state index is -0.134. The van der Waals surface area contributed by atoms with Gasteiger partial charge in [-0.1, -0.05) is 30.3 Å². The second kappa shape index (κ2) is 7.40. The molecule has 2 amide bonds. The number of piperidine rings is 1. The van der Waals surface area contributed by atoms with Crippen LogP contribution in [0.4, 0.5) is 16.4 Å². The van der Waals surface area contributed by atoms with Crippen molar-refractivity contribution in [1.82, 2.24) is 14.9 Å². The molecular formula is C24H22N6O. The highest BCUT2D eigenvalue weighted by Gasteiger charge is 2.42. The molecule has 0 bridgehead atoms. The molecule has 154 valence electrons. The number of benzene rings is 2. The highest BCUT2D eigenvalue weighted by molar-refractivity contribution is 5.89. The molecule has 7 nitrogen and oxygen atoms in total. The Kier molecular flexibility index (Phi) is 4.55. The maximum atomic E-state index is 12.8. The molecule has 1 aromatic heterocycles. The molecule has 31 heavy (non-hydrogen) atoms. The summed E-state index contributed by atoms with van der Waals surface area (Å²) in [6.07, 6.45) is 4.41. The molecule has 1 saturated heterocycles. The lowest BCUT2D eigenvalue weighted by atomic mass is 9.64. The van der Waals surface area contributed by atoms with Gasteiger partial charge in [0.1, 0.15) is 0 Å². The first-order valence-corrected chi connectivity index (χ1v) is 10.4. The van der Waals surface area contributed by atoms with Crippen molar-refractivity contribution in [3.63, 3.8) is 0 Å². The highest BCUT2D eigenvalue weighted by Crippen LogP contribution is 2.47. The van der Waals surface area contributed by atoms with E-state index in [4.69, 9.17) is 11.0 Å². The number of nitrogens with one attached hydrogen (secondary N) is 1. The fourth-order valence-electron chi connectivity index (χ4n) is 4.85. The average Bonchev–Trinajstić information content (AvgIpc) is 2.80. The van der Waals surface area contributed by atoms with Crippen LogP contribution in [-0.2, 0) is 11.8 Å². The lowest BCUT2D eigenvalue weighted by Gasteiger charge is -2.45. The van der Waals surface area contributed by atoms with Gasteiger partial charge in [0.25, 0.3) is 0 Å². The highest BCUT2D eigenvalue weighted by atomic mass is 16.2. The summed E-state index contributed by atoms with van der Waals surface area (Å²) in [4.78, 5) is 23.4. The van der Waals surface area contributed by atoms with Gasteiger partial charge in [-0.3, -0.25) is 0 Å². The van der Waals surface area contributed by atoms with Crippen LogP contribution in [0.25, 0.3) is 11.3 Å². The number of hydrogen-bond acceptors (Lipinski definition) is 5. The van der Waals surface area contributed by atoms with Crippen molar-refractivity contribution < 1.29 is 4.79 Å². The van der Waals surface area contributed by atoms with E-state index >= 15 is 0 Å². The zero-order valence-corrected chi connectivity index (χ0v) is 17.0. The Balaban J connectivity index is 1.36. The molecular weight excluding hydrogens is 388 g/mol. The molecule has 3 aromatic rings. The number of fused-ring (bicyclic) bond motifs is 4. The molecule has 2 aliphatic rings. The quantitative estimate of drug-likeness (QED) is 0.636. The number of amides is 2. The number of urea groups is 1. The van der Waals surface area contributed by atoms with Gasteiger partial charge in [-0.05, 0) is 48.6 Å². The van der Waals surface area contributed by atoms with Crippen molar-refractivity contribution in [2.45, 2.75) is 24.7 Å². The van der Waals surface area contributed by atoms with Gasteiger partial charge in [0.05, 0.1) is 17.3 Å². The third-order valence-corrected chi connectivity index (χ3v) is 6.42. The number of carbonyl (C=O) groups excluding carboxylic acids is 1. The van der Waals surface area contributed by atoms with Gasteiger partial charge in [-0.15, -0.1) is 0 Å². The second-order valence-electron chi connectivity index (χ2n) is 8.21. The number of nitrogen functional groups attached to an aromatic ring is 1. The van der Waals surface area contributed by atoms with Gasteiger partial charge in [-0.2, -0.15) is 5.26 Å². The van der Waals surface area contributed by atoms with Gasteiger partial charge in [0.15, 0.2) is 0 Å². The Morgan fingerprint density at radius 1 is 1.16 bits per heavy atom. The van der Waals surface area contributed by atoms with Crippen LogP contribution in [0.5, 0.6) is 0 Å². The van der Waals surface area contributed by atoms with Crippen molar-refractivity contribution in [2.24, 2.45) is 0 Å². The van der Waals surface area contributed by atoms with Crippen LogP contribution in [-0.4, -0.2) is 34.0 Å². The Hall–Kier alpha value is -3.92. The van der Waals surface area contributed by atoms with Gasteiger partial charge in [-0.25, -0.2) is 14.8 Å². The van der Waals surface area contributed by atoms with E-state index < -0.39 is 0 Å². The molecule has 0 saturated carbocycles. The van der Waals surface area contributed by atoms with E-state index in [-0.39, 0.29) is 17.4 Å². The summed E-state index contributed by atoms with van der Waals surface area (Å²) < 4.78 is 0. The van der Waals surface area contributed by atoms with E-state index in [1.54, 1.807) is 24.3 Å². The first-order chi connectivity index (χ1) is 15.1. The van der Waals surface area contributed by atoms with Crippen LogP contribution in [0.15, 0.2) is 54.7 Å². The molecule has 1 spiro atoms. The van der Waals surface area contributed by atoms with E-state index in [9.17, 15) is 4.79 Å². The molecule has 3 N–H and O–H groups in total. The number of carbonyl (C=O) groups is 1. The molecule has 0 unspecified atom stereocenters. The smallest absolute Gasteiger partial charge is 0.321 e. The van der Waals surface area contributed by atoms with Crippen molar-refractivity contribution in [3.05, 3.63) is 71.4 Å². The topological polar surface area (TPSA) is 108 Å². The third-order valence-electron chi connectivity index (χ3n) is 6.42. The van der Waals surface area contributed by atoms with E-state index in [0.717, 1.165) is 36.1 Å². The zero-order valence-electron chi connectivity index (χ0n) is 17.0. The van der Waals surface area contributed by atoms with E-state index in [2.05, 4.69) is 39.6 Å². The third kappa shape index (κ3) is 3.36. The summed E-state index contributed by atoms with van der Waals surface area (Å²) in [5, 5.41) is 12.0. The number of nitrogens with zero attached hydrogens (tertiary/aromatic N) is 4. The molecule has 7 heteroatoms. The van der Waals surface area contributed by atoms with Crippen molar-refractivity contribution >= 4 is 17.7 Å². The number of nitriles is 1. The fourth-order valence-corrected chi connectivity index (χ4v) is 4.85. The van der Waals surface area contributed by atoms with Gasteiger partial charge < -0.3 is 16.0 Å². The van der Waals surface area contributed by atoms with Crippen LogP contribution in [0, 0.1) is 11.3 Å². The minimum absolute atomic E-state index is 0.0411. The van der Waals surface area contributed by atoms with Crippen molar-refractivity contribution in [1.29, 1.82) is 5.26 Å². The number of rotatable bonds is 1. The molecule has 5 rings (SSSR count). The van der Waals surface area contributed by atoms with E-state index in [1.807, 2.05) is 17.2 Å². The SMILES string of the molecule is N#Cc1cccc(NC(=O)N2CCC3(CC2)Cc2cnc(N)nc2-c2ccccc23)c1. The molecule has 2 aromatic carbocycles. The van der Waals surface area contributed by atoms with Crippen LogP contribution >= 0.6 is 0 Å². The Bertz CT molecular complexity index is 1210. The number of likely N-dealkylation sites (tertiary alicyclic amines) is 1. The molecule has 2 heterocycles. The average molecular weight is 410 g/mol. The normalized spacial score (nSPS) is 16.2. The van der Waals surface area contributed by atoms with Crippen LogP contribution < -0.4 is 11.1 Å². The Morgan fingerprint density at radius 3 is 2.77 bits per heavy atom. The number of nitrogens with two attached hydrogens (primary N) is 1. The maximum absolute atomic E-state index is 12.8. The zero-order chi connectivity index (χ0) is 21.4. The van der Waals surface area contributed by atoms with Crippen molar-refractivity contribution in [3.8, 4) is 17.3 Å². The summed E-state index contributed by atoms with van der Waals surface area (Å²) in [5.74, 6) is 0.288. The standard InChI is InChI=1S/C24H22N6O/c25-14-16-4-3-5-18(12-16)28-23(31)30-10-8-24(9-11-30)13-17-15-27-22(26)29-21(17)19-6-1-2-7-20(19)24/h1-7,12,15H,8-11,13H2,(H,28,31)(H2,26,27,29). The molecule has 1 aliphatic heterocycles. The summed E-state index contributed by atoms with van der Waals surface area (Å²) in [7, 11) is 0. The number of anilines is 2. The van der Waals surface area contributed by atoms with Gasteiger partial charge in [0.2, 0.25) is 5.95 Å². The van der Waals surface area contributed by atoms with E-state index in [0.29, 0.717) is 24.3 Å². The predicted octanol–water partition coefficient (Wildman–Crippen LogP) is 3.72. The summed E-state index contributed by atoms with van der Waals surface area (Å²) >= 11 is 0. The van der Waals surface area contributed by atoms with E-state index in [1.165, 1.54) is 5.56 Å². The van der Waals surface area contributed by atoms with Crippen molar-refractivity contribution in [2.75, 3.05) is 24.1 Å². The number of hydrogen-bond donors (Lipinski definition) is 2.